The molecule has 0 radical (unpaired) electrons. The minimum Gasteiger partial charge on any atom is -0.320 e. The van der Waals surface area contributed by atoms with Crippen LogP contribution in [0, 0.1) is 0 Å². The van der Waals surface area contributed by atoms with E-state index >= 15 is 0 Å². The van der Waals surface area contributed by atoms with Crippen molar-refractivity contribution < 1.29 is 0 Å². The Bertz CT molecular complexity index is 255. The Morgan fingerprint density at radius 1 is 1.62 bits per heavy atom. The number of nitrogens with zero attached hydrogens (tertiary/aromatic N) is 1. The van der Waals surface area contributed by atoms with Crippen LogP contribution in [0.15, 0.2) is 23.4 Å². The molecule has 1 N–H and O–H groups in total. The van der Waals surface area contributed by atoms with Crippen LogP contribution in [-0.4, -0.2) is 24.3 Å². The third-order valence-corrected chi connectivity index (χ3v) is 3.04. The Balaban J connectivity index is 2.32. The van der Waals surface area contributed by atoms with Crippen molar-refractivity contribution in [2.75, 3.05) is 19.3 Å². The average molecular weight is 217 g/mol. The van der Waals surface area contributed by atoms with Crippen molar-refractivity contribution in [3.8, 4) is 0 Å². The summed E-state index contributed by atoms with van der Waals surface area (Å²) in [7, 11) is 1.96. The second kappa shape index (κ2) is 6.24. The van der Waals surface area contributed by atoms with Gasteiger partial charge in [-0.05, 0) is 32.1 Å². The molecule has 0 unspecified atom stereocenters. The zero-order chi connectivity index (χ0) is 9.52. The van der Waals surface area contributed by atoms with Gasteiger partial charge in [0.25, 0.3) is 0 Å². The molecule has 0 atom stereocenters. The van der Waals surface area contributed by atoms with Gasteiger partial charge < -0.3 is 5.32 Å². The molecule has 0 bridgehead atoms. The van der Waals surface area contributed by atoms with Crippen LogP contribution < -0.4 is 5.32 Å². The van der Waals surface area contributed by atoms with Crippen LogP contribution >= 0.6 is 23.4 Å². The van der Waals surface area contributed by atoms with Gasteiger partial charge in [0.2, 0.25) is 0 Å². The van der Waals surface area contributed by atoms with Crippen LogP contribution in [0.1, 0.15) is 6.42 Å². The van der Waals surface area contributed by atoms with Gasteiger partial charge in [0.05, 0.1) is 5.02 Å². The Morgan fingerprint density at radius 2 is 2.46 bits per heavy atom. The Morgan fingerprint density at radius 3 is 3.15 bits per heavy atom. The van der Waals surface area contributed by atoms with Crippen LogP contribution in [0.5, 0.6) is 0 Å². The minimum absolute atomic E-state index is 0.747. The normalized spacial score (nSPS) is 10.3. The lowest BCUT2D eigenvalue weighted by Crippen LogP contribution is -2.08. The molecule has 0 aliphatic rings. The lowest BCUT2D eigenvalue weighted by atomic mass is 10.5. The van der Waals surface area contributed by atoms with Gasteiger partial charge in [-0.3, -0.25) is 0 Å². The fourth-order valence-corrected chi connectivity index (χ4v) is 2.00. The van der Waals surface area contributed by atoms with Gasteiger partial charge in [0.1, 0.15) is 5.03 Å². The number of aromatic nitrogens is 1. The first kappa shape index (κ1) is 10.8. The van der Waals surface area contributed by atoms with Crippen LogP contribution in [0.2, 0.25) is 5.02 Å². The highest BCUT2D eigenvalue weighted by atomic mass is 35.5. The summed E-state index contributed by atoms with van der Waals surface area (Å²) in [5.74, 6) is 1.05. The van der Waals surface area contributed by atoms with Crippen molar-refractivity contribution in [1.82, 2.24) is 10.3 Å². The molecule has 0 aromatic carbocycles. The molecule has 13 heavy (non-hydrogen) atoms. The maximum Gasteiger partial charge on any atom is 0.115 e. The number of nitrogens with one attached hydrogen (secondary N) is 1. The molecular weight excluding hydrogens is 204 g/mol. The average Bonchev–Trinajstić information content (AvgIpc) is 2.15. The number of pyridine rings is 1. The first-order chi connectivity index (χ1) is 6.34. The quantitative estimate of drug-likeness (QED) is 0.605. The number of halogens is 1. The fourth-order valence-electron chi connectivity index (χ4n) is 0.895. The first-order valence-electron chi connectivity index (χ1n) is 4.22. The molecule has 0 spiro atoms. The molecule has 0 fully saturated rings. The van der Waals surface area contributed by atoms with Crippen molar-refractivity contribution in [3.63, 3.8) is 0 Å². The molecule has 0 amide bonds. The Hall–Kier alpha value is -0.250. The summed E-state index contributed by atoms with van der Waals surface area (Å²) in [6.45, 7) is 1.04. The standard InChI is InChI=1S/C9H13ClN2S/c1-11-5-3-7-13-9-8(10)4-2-6-12-9/h2,4,6,11H,3,5,7H2,1H3. The summed E-state index contributed by atoms with van der Waals surface area (Å²) in [6, 6.07) is 3.72. The monoisotopic (exact) mass is 216 g/mol. The number of hydrogen-bond donors (Lipinski definition) is 1. The highest BCUT2D eigenvalue weighted by molar-refractivity contribution is 7.99. The van der Waals surface area contributed by atoms with Crippen molar-refractivity contribution >= 4 is 23.4 Å². The molecule has 0 aliphatic carbocycles. The fraction of sp³-hybridized carbons (Fsp3) is 0.444. The van der Waals surface area contributed by atoms with E-state index in [2.05, 4.69) is 10.3 Å². The van der Waals surface area contributed by atoms with Crippen LogP contribution in [-0.2, 0) is 0 Å². The van der Waals surface area contributed by atoms with Crippen LogP contribution in [0.4, 0.5) is 0 Å². The molecule has 72 valence electrons. The molecule has 4 heteroatoms. The highest BCUT2D eigenvalue weighted by Crippen LogP contribution is 2.24. The maximum absolute atomic E-state index is 5.94. The zero-order valence-electron chi connectivity index (χ0n) is 7.59. The third-order valence-electron chi connectivity index (χ3n) is 1.53. The molecular formula is C9H13ClN2S. The zero-order valence-corrected chi connectivity index (χ0v) is 9.16. The summed E-state index contributed by atoms with van der Waals surface area (Å²) in [4.78, 5) is 4.19. The predicted molar refractivity (Wildman–Crippen MR) is 58.5 cm³/mol. The predicted octanol–water partition coefficient (Wildman–Crippen LogP) is 2.44. The van der Waals surface area contributed by atoms with Gasteiger partial charge in [-0.25, -0.2) is 4.98 Å². The van der Waals surface area contributed by atoms with Crippen molar-refractivity contribution in [2.45, 2.75) is 11.4 Å². The Labute approximate surface area is 88.1 Å². The van der Waals surface area contributed by atoms with Gasteiger partial charge in [-0.2, -0.15) is 0 Å². The van der Waals surface area contributed by atoms with Gasteiger partial charge in [-0.15, -0.1) is 11.8 Å². The molecule has 1 aromatic heterocycles. The van der Waals surface area contributed by atoms with E-state index in [9.17, 15) is 0 Å². The molecule has 2 nitrogen and oxygen atoms in total. The van der Waals surface area contributed by atoms with Gasteiger partial charge in [0.15, 0.2) is 0 Å². The van der Waals surface area contributed by atoms with Gasteiger partial charge >= 0.3 is 0 Å². The third kappa shape index (κ3) is 3.98. The van der Waals surface area contributed by atoms with E-state index in [0.717, 1.165) is 28.8 Å². The summed E-state index contributed by atoms with van der Waals surface area (Å²) in [6.07, 6.45) is 2.90. The lowest BCUT2D eigenvalue weighted by Gasteiger charge is -2.01. The molecule has 0 aliphatic heterocycles. The smallest absolute Gasteiger partial charge is 0.115 e. The summed E-state index contributed by atoms with van der Waals surface area (Å²) in [5.41, 5.74) is 0. The summed E-state index contributed by atoms with van der Waals surface area (Å²) >= 11 is 7.64. The maximum atomic E-state index is 5.94. The second-order valence-corrected chi connectivity index (χ2v) is 4.09. The van der Waals surface area contributed by atoms with E-state index in [4.69, 9.17) is 11.6 Å². The van der Waals surface area contributed by atoms with E-state index in [1.54, 1.807) is 18.0 Å². The summed E-state index contributed by atoms with van der Waals surface area (Å²) in [5, 5.41) is 4.78. The van der Waals surface area contributed by atoms with Crippen molar-refractivity contribution in [1.29, 1.82) is 0 Å². The highest BCUT2D eigenvalue weighted by Gasteiger charge is 1.99. The number of rotatable bonds is 5. The van der Waals surface area contributed by atoms with E-state index in [0.29, 0.717) is 0 Å². The first-order valence-corrected chi connectivity index (χ1v) is 5.59. The Kier molecular flexibility index (Phi) is 5.20. The topological polar surface area (TPSA) is 24.9 Å². The van der Waals surface area contributed by atoms with E-state index in [1.807, 2.05) is 19.2 Å². The SMILES string of the molecule is CNCCCSc1ncccc1Cl. The molecule has 1 heterocycles. The van der Waals surface area contributed by atoms with Crippen molar-refractivity contribution in [3.05, 3.63) is 23.4 Å². The molecule has 0 saturated carbocycles. The summed E-state index contributed by atoms with van der Waals surface area (Å²) < 4.78 is 0. The molecule has 0 saturated heterocycles. The van der Waals surface area contributed by atoms with Gasteiger partial charge in [-0.1, -0.05) is 11.6 Å². The molecule has 1 rings (SSSR count). The van der Waals surface area contributed by atoms with Crippen molar-refractivity contribution in [2.24, 2.45) is 0 Å². The van der Waals surface area contributed by atoms with E-state index in [-0.39, 0.29) is 0 Å². The molecule has 1 aromatic rings. The number of hydrogen-bond acceptors (Lipinski definition) is 3. The lowest BCUT2D eigenvalue weighted by molar-refractivity contribution is 0.777. The van der Waals surface area contributed by atoms with Crippen LogP contribution in [0.25, 0.3) is 0 Å². The van der Waals surface area contributed by atoms with Crippen LogP contribution in [0.3, 0.4) is 0 Å². The number of thioether (sulfide) groups is 1. The van der Waals surface area contributed by atoms with Gasteiger partial charge in [0, 0.05) is 11.9 Å². The second-order valence-electron chi connectivity index (χ2n) is 2.60. The van der Waals surface area contributed by atoms with E-state index < -0.39 is 0 Å². The minimum atomic E-state index is 0.747. The largest absolute Gasteiger partial charge is 0.320 e. The van der Waals surface area contributed by atoms with E-state index in [1.165, 1.54) is 0 Å².